The van der Waals surface area contributed by atoms with E-state index >= 15 is 0 Å². The minimum atomic E-state index is 0.379. The van der Waals surface area contributed by atoms with Crippen LogP contribution in [0.4, 0.5) is 0 Å². The van der Waals surface area contributed by atoms with Crippen molar-refractivity contribution in [2.24, 2.45) is 0 Å². The first kappa shape index (κ1) is 10.7. The first-order valence-corrected chi connectivity index (χ1v) is 5.72. The van der Waals surface area contributed by atoms with Crippen LogP contribution in [-0.2, 0) is 0 Å². The van der Waals surface area contributed by atoms with Crippen molar-refractivity contribution in [3.63, 3.8) is 0 Å². The third kappa shape index (κ3) is 2.30. The molecule has 0 N–H and O–H groups in total. The Morgan fingerprint density at radius 1 is 0.889 bits per heavy atom. The average Bonchev–Trinajstić information content (AvgIpc) is 2.46. The summed E-state index contributed by atoms with van der Waals surface area (Å²) in [7, 11) is 0. The number of hydrogen-bond acceptors (Lipinski definition) is 3. The molecular formula is C15H12O3. The molecule has 0 saturated heterocycles. The molecule has 0 aromatic heterocycles. The zero-order valence-electron chi connectivity index (χ0n) is 9.71. The third-order valence-electron chi connectivity index (χ3n) is 2.53. The first-order valence-electron chi connectivity index (χ1n) is 5.72. The molecule has 1 heterocycles. The molecule has 0 aliphatic carbocycles. The van der Waals surface area contributed by atoms with Crippen LogP contribution in [0.3, 0.4) is 0 Å². The number of hydrogen-bond donors (Lipinski definition) is 0. The topological polar surface area (TPSA) is 27.7 Å². The van der Waals surface area contributed by atoms with Crippen molar-refractivity contribution in [1.82, 2.24) is 0 Å². The van der Waals surface area contributed by atoms with E-state index in [1.807, 2.05) is 54.6 Å². The van der Waals surface area contributed by atoms with Crippen molar-refractivity contribution < 1.29 is 14.2 Å². The second-order valence-corrected chi connectivity index (χ2v) is 3.85. The summed E-state index contributed by atoms with van der Waals surface area (Å²) in [6.07, 6.45) is 1.57. The predicted octanol–water partition coefficient (Wildman–Crippen LogP) is 3.38. The minimum Gasteiger partial charge on any atom is -0.482 e. The second-order valence-electron chi connectivity index (χ2n) is 3.85. The van der Waals surface area contributed by atoms with E-state index in [2.05, 4.69) is 0 Å². The van der Waals surface area contributed by atoms with E-state index in [0.717, 1.165) is 11.5 Å². The Bertz CT molecular complexity index is 561. The minimum absolute atomic E-state index is 0.379. The lowest BCUT2D eigenvalue weighted by Crippen LogP contribution is -2.14. The summed E-state index contributed by atoms with van der Waals surface area (Å²) in [6.45, 7) is 0.379. The lowest BCUT2D eigenvalue weighted by Gasteiger charge is -2.19. The van der Waals surface area contributed by atoms with Gasteiger partial charge >= 0.3 is 0 Å². The van der Waals surface area contributed by atoms with E-state index < -0.39 is 0 Å². The highest BCUT2D eigenvalue weighted by molar-refractivity contribution is 5.42. The van der Waals surface area contributed by atoms with Crippen molar-refractivity contribution >= 4 is 0 Å². The van der Waals surface area contributed by atoms with Crippen LogP contribution in [0.5, 0.6) is 17.2 Å². The van der Waals surface area contributed by atoms with Crippen LogP contribution in [0.25, 0.3) is 0 Å². The van der Waals surface area contributed by atoms with Gasteiger partial charge in [0.05, 0.1) is 0 Å². The fraction of sp³-hybridized carbons (Fsp3) is 0.0667. The molecule has 0 amide bonds. The molecule has 0 atom stereocenters. The van der Waals surface area contributed by atoms with Crippen LogP contribution in [-0.4, -0.2) is 6.61 Å². The van der Waals surface area contributed by atoms with Gasteiger partial charge in [0.15, 0.2) is 17.3 Å². The molecule has 0 fully saturated rings. The van der Waals surface area contributed by atoms with Gasteiger partial charge in [0.2, 0.25) is 0 Å². The first-order chi connectivity index (χ1) is 8.92. The van der Waals surface area contributed by atoms with Crippen molar-refractivity contribution in [3.8, 4) is 17.2 Å². The van der Waals surface area contributed by atoms with Crippen LogP contribution in [0, 0.1) is 0 Å². The molecule has 2 aromatic rings. The maximum absolute atomic E-state index is 5.66. The standard InChI is InChI=1S/C15H12O3/c1-2-6-12(7-3-1)16-10-13-11-17-14-8-4-5-9-15(14)18-13/h1-10H,11H2. The molecule has 90 valence electrons. The lowest BCUT2D eigenvalue weighted by molar-refractivity contribution is 0.222. The summed E-state index contributed by atoms with van der Waals surface area (Å²) < 4.78 is 16.7. The summed E-state index contributed by atoms with van der Waals surface area (Å²) in [4.78, 5) is 0. The van der Waals surface area contributed by atoms with Crippen molar-refractivity contribution in [2.45, 2.75) is 0 Å². The van der Waals surface area contributed by atoms with Gasteiger partial charge in [-0.2, -0.15) is 0 Å². The molecule has 0 unspecified atom stereocenters. The van der Waals surface area contributed by atoms with Crippen LogP contribution in [0.15, 0.2) is 66.6 Å². The molecule has 3 rings (SSSR count). The summed E-state index contributed by atoms with van der Waals surface area (Å²) in [6, 6.07) is 17.1. The smallest absolute Gasteiger partial charge is 0.177 e. The number of ether oxygens (including phenoxy) is 3. The molecule has 2 aromatic carbocycles. The largest absolute Gasteiger partial charge is 0.482 e. The number of rotatable bonds is 2. The number of para-hydroxylation sites is 3. The fourth-order valence-corrected chi connectivity index (χ4v) is 1.66. The van der Waals surface area contributed by atoms with Crippen molar-refractivity contribution in [3.05, 3.63) is 66.6 Å². The van der Waals surface area contributed by atoms with E-state index in [4.69, 9.17) is 14.2 Å². The van der Waals surface area contributed by atoms with E-state index in [1.54, 1.807) is 6.26 Å². The zero-order valence-corrected chi connectivity index (χ0v) is 9.71. The summed E-state index contributed by atoms with van der Waals surface area (Å²) >= 11 is 0. The van der Waals surface area contributed by atoms with Gasteiger partial charge in [-0.15, -0.1) is 0 Å². The Balaban J connectivity index is 1.72. The Kier molecular flexibility index (Phi) is 2.88. The highest BCUT2D eigenvalue weighted by atomic mass is 16.6. The van der Waals surface area contributed by atoms with Crippen LogP contribution < -0.4 is 14.2 Å². The lowest BCUT2D eigenvalue weighted by atomic mass is 10.3. The predicted molar refractivity (Wildman–Crippen MR) is 67.7 cm³/mol. The molecular weight excluding hydrogens is 228 g/mol. The zero-order chi connectivity index (χ0) is 12.2. The van der Waals surface area contributed by atoms with Gasteiger partial charge in [-0.1, -0.05) is 30.3 Å². The molecule has 1 aliphatic rings. The van der Waals surface area contributed by atoms with Crippen LogP contribution in [0.1, 0.15) is 0 Å². The molecule has 3 nitrogen and oxygen atoms in total. The Morgan fingerprint density at radius 2 is 1.61 bits per heavy atom. The van der Waals surface area contributed by atoms with Crippen LogP contribution >= 0.6 is 0 Å². The molecule has 3 heteroatoms. The maximum atomic E-state index is 5.66. The van der Waals surface area contributed by atoms with Gasteiger partial charge in [0.25, 0.3) is 0 Å². The highest BCUT2D eigenvalue weighted by Crippen LogP contribution is 2.31. The molecule has 1 aliphatic heterocycles. The molecule has 0 radical (unpaired) electrons. The monoisotopic (exact) mass is 240 g/mol. The Morgan fingerprint density at radius 3 is 2.44 bits per heavy atom. The Hall–Kier alpha value is -2.42. The third-order valence-corrected chi connectivity index (χ3v) is 2.53. The molecule has 0 bridgehead atoms. The highest BCUT2D eigenvalue weighted by Gasteiger charge is 2.14. The van der Waals surface area contributed by atoms with E-state index in [-0.39, 0.29) is 0 Å². The van der Waals surface area contributed by atoms with Crippen molar-refractivity contribution in [2.75, 3.05) is 6.61 Å². The van der Waals surface area contributed by atoms with E-state index in [1.165, 1.54) is 0 Å². The van der Waals surface area contributed by atoms with Gasteiger partial charge in [0.1, 0.15) is 18.6 Å². The number of benzene rings is 2. The van der Waals surface area contributed by atoms with Gasteiger partial charge < -0.3 is 14.2 Å². The summed E-state index contributed by atoms with van der Waals surface area (Å²) in [5, 5.41) is 0. The summed E-state index contributed by atoms with van der Waals surface area (Å²) in [5.41, 5.74) is 0. The average molecular weight is 240 g/mol. The van der Waals surface area contributed by atoms with Gasteiger partial charge in [-0.3, -0.25) is 0 Å². The maximum Gasteiger partial charge on any atom is 0.177 e. The normalized spacial score (nSPS) is 15.4. The van der Waals surface area contributed by atoms with E-state index in [9.17, 15) is 0 Å². The quantitative estimate of drug-likeness (QED) is 0.753. The SMILES string of the molecule is C(Oc1ccccc1)=C1COc2ccccc2O1. The van der Waals surface area contributed by atoms with Gasteiger partial charge in [-0.25, -0.2) is 0 Å². The summed E-state index contributed by atoms with van der Waals surface area (Å²) in [5.74, 6) is 2.89. The Labute approximate surface area is 105 Å². The van der Waals surface area contributed by atoms with E-state index in [0.29, 0.717) is 18.1 Å². The van der Waals surface area contributed by atoms with Crippen molar-refractivity contribution in [1.29, 1.82) is 0 Å². The molecule has 18 heavy (non-hydrogen) atoms. The molecule has 0 saturated carbocycles. The van der Waals surface area contributed by atoms with Gasteiger partial charge in [0, 0.05) is 0 Å². The fourth-order valence-electron chi connectivity index (χ4n) is 1.66. The molecule has 0 spiro atoms. The van der Waals surface area contributed by atoms with Crippen LogP contribution in [0.2, 0.25) is 0 Å². The second kappa shape index (κ2) is 4.84. The van der Waals surface area contributed by atoms with Gasteiger partial charge in [-0.05, 0) is 24.3 Å². The number of fused-ring (bicyclic) bond motifs is 1.